The van der Waals surface area contributed by atoms with Crippen molar-refractivity contribution in [3.8, 4) is 0 Å². The van der Waals surface area contributed by atoms with Crippen molar-refractivity contribution in [2.24, 2.45) is 5.73 Å². The second-order valence-corrected chi connectivity index (χ2v) is 5.51. The first-order valence-electron chi connectivity index (χ1n) is 6.76. The maximum absolute atomic E-state index is 12.9. The van der Waals surface area contributed by atoms with Gasteiger partial charge in [0, 0.05) is 7.05 Å². The summed E-state index contributed by atoms with van der Waals surface area (Å²) in [4.78, 5) is 14.2. The molecule has 1 aliphatic carbocycles. The van der Waals surface area contributed by atoms with Crippen LogP contribution in [-0.2, 0) is 4.79 Å². The molecule has 0 spiro atoms. The minimum Gasteiger partial charge on any atom is -0.337 e. The highest BCUT2D eigenvalue weighted by Gasteiger charge is 2.40. The van der Waals surface area contributed by atoms with E-state index in [0.717, 1.165) is 31.2 Å². The summed E-state index contributed by atoms with van der Waals surface area (Å²) < 4.78 is 12.9. The molecule has 2 N–H and O–H groups in total. The Morgan fingerprint density at radius 3 is 2.37 bits per heavy atom. The van der Waals surface area contributed by atoms with Crippen molar-refractivity contribution in [1.82, 2.24) is 4.90 Å². The molecular formula is C15H21FN2O. The van der Waals surface area contributed by atoms with Gasteiger partial charge in [-0.3, -0.25) is 4.79 Å². The molecule has 0 bridgehead atoms. The first kappa shape index (κ1) is 14.0. The molecule has 1 saturated carbocycles. The van der Waals surface area contributed by atoms with E-state index < -0.39 is 5.54 Å². The standard InChI is InChI=1S/C15H21FN2O/c1-11(12-5-7-13(16)8-6-12)18(2)14(19)15(17)9-3-4-10-15/h5-8,11H,3-4,9-10,17H2,1-2H3. The molecule has 19 heavy (non-hydrogen) atoms. The lowest BCUT2D eigenvalue weighted by Crippen LogP contribution is -2.52. The molecule has 1 amide bonds. The van der Waals surface area contributed by atoms with E-state index in [1.165, 1.54) is 12.1 Å². The summed E-state index contributed by atoms with van der Waals surface area (Å²) in [6.45, 7) is 1.93. The molecule has 1 aliphatic rings. The lowest BCUT2D eigenvalue weighted by Gasteiger charge is -2.33. The second-order valence-electron chi connectivity index (χ2n) is 5.51. The number of nitrogens with zero attached hydrogens (tertiary/aromatic N) is 1. The highest BCUT2D eigenvalue weighted by molar-refractivity contribution is 5.86. The smallest absolute Gasteiger partial charge is 0.242 e. The first-order valence-corrected chi connectivity index (χ1v) is 6.76. The molecule has 1 aromatic carbocycles. The average molecular weight is 264 g/mol. The van der Waals surface area contributed by atoms with E-state index in [-0.39, 0.29) is 17.8 Å². The van der Waals surface area contributed by atoms with Crippen molar-refractivity contribution < 1.29 is 9.18 Å². The average Bonchev–Trinajstić information content (AvgIpc) is 2.85. The zero-order valence-electron chi connectivity index (χ0n) is 11.5. The van der Waals surface area contributed by atoms with Gasteiger partial charge in [-0.25, -0.2) is 4.39 Å². The molecule has 0 saturated heterocycles. The Labute approximate surface area is 113 Å². The van der Waals surface area contributed by atoms with Crippen LogP contribution in [0.5, 0.6) is 0 Å². The summed E-state index contributed by atoms with van der Waals surface area (Å²) in [5, 5.41) is 0. The highest BCUT2D eigenvalue weighted by Crippen LogP contribution is 2.31. The summed E-state index contributed by atoms with van der Waals surface area (Å²) in [5.74, 6) is -0.280. The normalized spacial score (nSPS) is 19.2. The first-order chi connectivity index (χ1) is 8.94. The number of likely N-dealkylation sites (N-methyl/N-ethyl adjacent to an activating group) is 1. The van der Waals surface area contributed by atoms with Gasteiger partial charge in [-0.1, -0.05) is 25.0 Å². The molecule has 0 heterocycles. The maximum Gasteiger partial charge on any atom is 0.242 e. The summed E-state index contributed by atoms with van der Waals surface area (Å²) in [6, 6.07) is 6.15. The van der Waals surface area contributed by atoms with Crippen molar-refractivity contribution in [3.63, 3.8) is 0 Å². The number of carbonyl (C=O) groups excluding carboxylic acids is 1. The third kappa shape index (κ3) is 2.78. The Balaban J connectivity index is 2.12. The van der Waals surface area contributed by atoms with Crippen LogP contribution in [0.25, 0.3) is 0 Å². The van der Waals surface area contributed by atoms with Crippen LogP contribution in [0.2, 0.25) is 0 Å². The predicted molar refractivity (Wildman–Crippen MR) is 73.0 cm³/mol. The van der Waals surface area contributed by atoms with Crippen molar-refractivity contribution >= 4 is 5.91 Å². The number of hydrogen-bond acceptors (Lipinski definition) is 2. The van der Waals surface area contributed by atoms with E-state index in [1.807, 2.05) is 6.92 Å². The van der Waals surface area contributed by atoms with Crippen LogP contribution >= 0.6 is 0 Å². The molecule has 3 nitrogen and oxygen atoms in total. The maximum atomic E-state index is 12.9. The number of rotatable bonds is 3. The van der Waals surface area contributed by atoms with Gasteiger partial charge in [0.05, 0.1) is 11.6 Å². The lowest BCUT2D eigenvalue weighted by atomic mass is 9.95. The largest absolute Gasteiger partial charge is 0.337 e. The number of benzene rings is 1. The van der Waals surface area contributed by atoms with E-state index >= 15 is 0 Å². The van der Waals surface area contributed by atoms with Gasteiger partial charge in [0.2, 0.25) is 5.91 Å². The zero-order chi connectivity index (χ0) is 14.0. The van der Waals surface area contributed by atoms with E-state index in [0.29, 0.717) is 0 Å². The van der Waals surface area contributed by atoms with Crippen molar-refractivity contribution in [1.29, 1.82) is 0 Å². The Bertz CT molecular complexity index is 452. The van der Waals surface area contributed by atoms with Crippen molar-refractivity contribution in [3.05, 3.63) is 35.6 Å². The van der Waals surface area contributed by atoms with Gasteiger partial charge in [0.1, 0.15) is 5.82 Å². The third-order valence-corrected chi connectivity index (χ3v) is 4.18. The van der Waals surface area contributed by atoms with Crippen molar-refractivity contribution in [2.45, 2.75) is 44.2 Å². The molecule has 1 atom stereocenters. The molecular weight excluding hydrogens is 243 g/mol. The molecule has 4 heteroatoms. The van der Waals surface area contributed by atoms with Crippen LogP contribution in [0.1, 0.15) is 44.2 Å². The Morgan fingerprint density at radius 2 is 1.84 bits per heavy atom. The third-order valence-electron chi connectivity index (χ3n) is 4.18. The van der Waals surface area contributed by atoms with Crippen LogP contribution in [0.3, 0.4) is 0 Å². The Hall–Kier alpha value is -1.42. The zero-order valence-corrected chi connectivity index (χ0v) is 11.5. The fourth-order valence-electron chi connectivity index (χ4n) is 2.71. The Morgan fingerprint density at radius 1 is 1.32 bits per heavy atom. The number of carbonyl (C=O) groups is 1. The molecule has 0 aromatic heterocycles. The van der Waals surface area contributed by atoms with Gasteiger partial charge < -0.3 is 10.6 Å². The van der Waals surface area contributed by atoms with Crippen LogP contribution in [0.15, 0.2) is 24.3 Å². The van der Waals surface area contributed by atoms with Crippen LogP contribution in [0, 0.1) is 5.82 Å². The monoisotopic (exact) mass is 264 g/mol. The summed E-state index contributed by atoms with van der Waals surface area (Å²) in [6.07, 6.45) is 3.54. The quantitative estimate of drug-likeness (QED) is 0.912. The number of hydrogen-bond donors (Lipinski definition) is 1. The van der Waals surface area contributed by atoms with Crippen molar-refractivity contribution in [2.75, 3.05) is 7.05 Å². The molecule has 104 valence electrons. The van der Waals surface area contributed by atoms with Crippen LogP contribution in [0.4, 0.5) is 4.39 Å². The van der Waals surface area contributed by atoms with Crippen LogP contribution < -0.4 is 5.73 Å². The molecule has 1 fully saturated rings. The van der Waals surface area contributed by atoms with Gasteiger partial charge >= 0.3 is 0 Å². The topological polar surface area (TPSA) is 46.3 Å². The Kier molecular flexibility index (Phi) is 3.90. The van der Waals surface area contributed by atoms with E-state index in [9.17, 15) is 9.18 Å². The molecule has 0 aliphatic heterocycles. The van der Waals surface area contributed by atoms with E-state index in [1.54, 1.807) is 24.1 Å². The summed E-state index contributed by atoms with van der Waals surface area (Å²) in [7, 11) is 1.77. The van der Waals surface area contributed by atoms with Gasteiger partial charge in [-0.05, 0) is 37.5 Å². The minimum atomic E-state index is -0.705. The predicted octanol–water partition coefficient (Wildman–Crippen LogP) is 2.62. The second kappa shape index (κ2) is 5.29. The summed E-state index contributed by atoms with van der Waals surface area (Å²) in [5.41, 5.74) is 6.40. The highest BCUT2D eigenvalue weighted by atomic mass is 19.1. The fraction of sp³-hybridized carbons (Fsp3) is 0.533. The van der Waals surface area contributed by atoms with Crippen LogP contribution in [-0.4, -0.2) is 23.4 Å². The number of halogens is 1. The minimum absolute atomic E-state index is 0.0122. The molecule has 0 radical (unpaired) electrons. The number of nitrogens with two attached hydrogens (primary N) is 1. The van der Waals surface area contributed by atoms with Gasteiger partial charge in [0.25, 0.3) is 0 Å². The number of amides is 1. The fourth-order valence-corrected chi connectivity index (χ4v) is 2.71. The van der Waals surface area contributed by atoms with Gasteiger partial charge in [-0.15, -0.1) is 0 Å². The SMILES string of the molecule is CC(c1ccc(F)cc1)N(C)C(=O)C1(N)CCCC1. The van der Waals surface area contributed by atoms with Gasteiger partial charge in [-0.2, -0.15) is 0 Å². The lowest BCUT2D eigenvalue weighted by molar-refractivity contribution is -0.137. The summed E-state index contributed by atoms with van der Waals surface area (Å²) >= 11 is 0. The van der Waals surface area contributed by atoms with E-state index in [4.69, 9.17) is 5.73 Å². The molecule has 2 rings (SSSR count). The molecule has 1 unspecified atom stereocenters. The van der Waals surface area contributed by atoms with E-state index in [2.05, 4.69) is 0 Å². The molecule has 1 aromatic rings. The van der Waals surface area contributed by atoms with Gasteiger partial charge in [0.15, 0.2) is 0 Å².